The van der Waals surface area contributed by atoms with Crippen LogP contribution < -0.4 is 10.6 Å². The van der Waals surface area contributed by atoms with Gasteiger partial charge in [0.05, 0.1) is 11.8 Å². The maximum absolute atomic E-state index is 11.7. The van der Waals surface area contributed by atoms with Gasteiger partial charge in [-0.15, -0.1) is 0 Å². The molecule has 0 spiro atoms. The number of ether oxygens (including phenoxy) is 1. The summed E-state index contributed by atoms with van der Waals surface area (Å²) < 4.78 is 10.9. The highest BCUT2D eigenvalue weighted by Crippen LogP contribution is 2.15. The van der Waals surface area contributed by atoms with Gasteiger partial charge in [-0.1, -0.05) is 0 Å². The smallest absolute Gasteiger partial charge is 0.246 e. The molecule has 1 aliphatic rings. The SMILES string of the molecule is Cc1cnc(C(C)NC(=O)COC2(C)CNC2)o1. The first kappa shape index (κ1) is 13.0. The van der Waals surface area contributed by atoms with E-state index in [1.54, 1.807) is 6.20 Å². The van der Waals surface area contributed by atoms with Crippen molar-refractivity contribution in [2.45, 2.75) is 32.4 Å². The fourth-order valence-electron chi connectivity index (χ4n) is 1.74. The molecule has 0 aliphatic carbocycles. The first-order valence-corrected chi connectivity index (χ1v) is 6.05. The van der Waals surface area contributed by atoms with Crippen LogP contribution in [-0.4, -0.2) is 36.2 Å². The quantitative estimate of drug-likeness (QED) is 0.801. The lowest BCUT2D eigenvalue weighted by Crippen LogP contribution is -2.59. The van der Waals surface area contributed by atoms with Crippen LogP contribution in [0.25, 0.3) is 0 Å². The Kier molecular flexibility index (Phi) is 3.68. The normalized spacial score (nSPS) is 19.1. The van der Waals surface area contributed by atoms with E-state index in [4.69, 9.17) is 9.15 Å². The molecule has 1 amide bonds. The van der Waals surface area contributed by atoms with Crippen molar-refractivity contribution in [3.8, 4) is 0 Å². The van der Waals surface area contributed by atoms with E-state index in [-0.39, 0.29) is 24.2 Å². The molecule has 1 fully saturated rings. The summed E-state index contributed by atoms with van der Waals surface area (Å²) in [5.74, 6) is 1.08. The number of amides is 1. The molecule has 2 N–H and O–H groups in total. The minimum absolute atomic E-state index is 0.0577. The van der Waals surface area contributed by atoms with Crippen LogP contribution in [0.4, 0.5) is 0 Å². The standard InChI is InChI=1S/C12H19N3O3/c1-8-4-14-11(18-8)9(2)15-10(16)5-17-12(3)6-13-7-12/h4,9,13H,5-7H2,1-3H3,(H,15,16). The van der Waals surface area contributed by atoms with Crippen molar-refractivity contribution in [3.05, 3.63) is 17.8 Å². The zero-order valence-corrected chi connectivity index (χ0v) is 10.9. The number of carbonyl (C=O) groups is 1. The van der Waals surface area contributed by atoms with E-state index in [2.05, 4.69) is 15.6 Å². The largest absolute Gasteiger partial charge is 0.444 e. The molecule has 1 aromatic rings. The molecule has 0 aromatic carbocycles. The minimum Gasteiger partial charge on any atom is -0.444 e. The molecule has 1 aromatic heterocycles. The van der Waals surface area contributed by atoms with E-state index in [0.29, 0.717) is 5.89 Å². The molecule has 100 valence electrons. The molecule has 0 radical (unpaired) electrons. The van der Waals surface area contributed by atoms with Crippen molar-refractivity contribution >= 4 is 5.91 Å². The molecule has 6 heteroatoms. The molecule has 2 rings (SSSR count). The Balaban J connectivity index is 1.76. The molecular weight excluding hydrogens is 234 g/mol. The molecule has 2 heterocycles. The third-order valence-electron chi connectivity index (χ3n) is 2.94. The zero-order valence-electron chi connectivity index (χ0n) is 10.9. The van der Waals surface area contributed by atoms with E-state index in [0.717, 1.165) is 18.8 Å². The van der Waals surface area contributed by atoms with Crippen LogP contribution in [0.3, 0.4) is 0 Å². The van der Waals surface area contributed by atoms with Crippen molar-refractivity contribution in [2.75, 3.05) is 19.7 Å². The number of nitrogens with zero attached hydrogens (tertiary/aromatic N) is 1. The second-order valence-corrected chi connectivity index (χ2v) is 4.94. The summed E-state index contributed by atoms with van der Waals surface area (Å²) in [5.41, 5.74) is -0.208. The lowest BCUT2D eigenvalue weighted by molar-refractivity contribution is -0.136. The molecule has 1 saturated heterocycles. The van der Waals surface area contributed by atoms with E-state index < -0.39 is 0 Å². The lowest BCUT2D eigenvalue weighted by Gasteiger charge is -2.38. The van der Waals surface area contributed by atoms with Crippen LogP contribution in [0, 0.1) is 6.92 Å². The van der Waals surface area contributed by atoms with Gasteiger partial charge in [-0.05, 0) is 20.8 Å². The Morgan fingerprint density at radius 3 is 2.94 bits per heavy atom. The Morgan fingerprint density at radius 1 is 1.72 bits per heavy atom. The Morgan fingerprint density at radius 2 is 2.44 bits per heavy atom. The van der Waals surface area contributed by atoms with Gasteiger partial charge in [0, 0.05) is 13.1 Å². The van der Waals surface area contributed by atoms with Gasteiger partial charge in [0.25, 0.3) is 0 Å². The fraction of sp³-hybridized carbons (Fsp3) is 0.667. The summed E-state index contributed by atoms with van der Waals surface area (Å²) >= 11 is 0. The highest BCUT2D eigenvalue weighted by Gasteiger charge is 2.33. The minimum atomic E-state index is -0.248. The Labute approximate surface area is 106 Å². The highest BCUT2D eigenvalue weighted by molar-refractivity contribution is 5.77. The van der Waals surface area contributed by atoms with Crippen LogP contribution in [0.15, 0.2) is 10.6 Å². The van der Waals surface area contributed by atoms with E-state index in [1.807, 2.05) is 20.8 Å². The summed E-state index contributed by atoms with van der Waals surface area (Å²) in [4.78, 5) is 15.8. The van der Waals surface area contributed by atoms with Gasteiger partial charge in [0.2, 0.25) is 11.8 Å². The fourth-order valence-corrected chi connectivity index (χ4v) is 1.74. The monoisotopic (exact) mass is 253 g/mol. The van der Waals surface area contributed by atoms with Crippen molar-refractivity contribution in [2.24, 2.45) is 0 Å². The van der Waals surface area contributed by atoms with Crippen molar-refractivity contribution in [1.29, 1.82) is 0 Å². The van der Waals surface area contributed by atoms with Gasteiger partial charge >= 0.3 is 0 Å². The maximum atomic E-state index is 11.7. The van der Waals surface area contributed by atoms with Gasteiger partial charge in [-0.2, -0.15) is 0 Å². The van der Waals surface area contributed by atoms with Crippen molar-refractivity contribution in [3.63, 3.8) is 0 Å². The summed E-state index contributed by atoms with van der Waals surface area (Å²) in [7, 11) is 0. The molecule has 1 atom stereocenters. The first-order chi connectivity index (χ1) is 8.48. The van der Waals surface area contributed by atoms with Crippen molar-refractivity contribution in [1.82, 2.24) is 15.6 Å². The van der Waals surface area contributed by atoms with Gasteiger partial charge < -0.3 is 19.8 Å². The second kappa shape index (κ2) is 5.07. The van der Waals surface area contributed by atoms with Crippen LogP contribution in [0.2, 0.25) is 0 Å². The summed E-state index contributed by atoms with van der Waals surface area (Å²) in [6.07, 6.45) is 1.63. The Bertz CT molecular complexity index is 426. The van der Waals surface area contributed by atoms with E-state index >= 15 is 0 Å². The zero-order chi connectivity index (χ0) is 13.2. The Hall–Kier alpha value is -1.40. The number of hydrogen-bond acceptors (Lipinski definition) is 5. The van der Waals surface area contributed by atoms with Gasteiger partial charge in [0.1, 0.15) is 18.4 Å². The van der Waals surface area contributed by atoms with E-state index in [1.165, 1.54) is 0 Å². The van der Waals surface area contributed by atoms with Gasteiger partial charge in [-0.3, -0.25) is 4.79 Å². The summed E-state index contributed by atoms with van der Waals surface area (Å²) in [5, 5.41) is 5.90. The van der Waals surface area contributed by atoms with Crippen molar-refractivity contribution < 1.29 is 13.9 Å². The number of aryl methyl sites for hydroxylation is 1. The molecule has 1 aliphatic heterocycles. The number of aromatic nitrogens is 1. The van der Waals surface area contributed by atoms with Crippen LogP contribution in [-0.2, 0) is 9.53 Å². The number of nitrogens with one attached hydrogen (secondary N) is 2. The van der Waals surface area contributed by atoms with E-state index in [9.17, 15) is 4.79 Å². The first-order valence-electron chi connectivity index (χ1n) is 6.05. The average molecular weight is 253 g/mol. The molecule has 1 unspecified atom stereocenters. The molecular formula is C12H19N3O3. The predicted molar refractivity (Wildman–Crippen MR) is 65.0 cm³/mol. The lowest BCUT2D eigenvalue weighted by atomic mass is 10.0. The average Bonchev–Trinajstić information content (AvgIpc) is 2.70. The van der Waals surface area contributed by atoms with Crippen LogP contribution in [0.5, 0.6) is 0 Å². The summed E-state index contributed by atoms with van der Waals surface area (Å²) in [6.45, 7) is 7.26. The third kappa shape index (κ3) is 3.08. The maximum Gasteiger partial charge on any atom is 0.246 e. The number of hydrogen-bond donors (Lipinski definition) is 2. The number of oxazole rings is 1. The van der Waals surface area contributed by atoms with Gasteiger partial charge in [-0.25, -0.2) is 4.98 Å². The molecule has 18 heavy (non-hydrogen) atoms. The number of rotatable bonds is 5. The predicted octanol–water partition coefficient (Wildman–Crippen LogP) is 0.539. The molecule has 0 saturated carbocycles. The second-order valence-electron chi connectivity index (χ2n) is 4.94. The summed E-state index contributed by atoms with van der Waals surface area (Å²) in [6, 6.07) is -0.248. The number of carbonyl (C=O) groups excluding carboxylic acids is 1. The molecule has 0 bridgehead atoms. The van der Waals surface area contributed by atoms with Crippen LogP contribution >= 0.6 is 0 Å². The topological polar surface area (TPSA) is 76.4 Å². The highest BCUT2D eigenvalue weighted by atomic mass is 16.5. The van der Waals surface area contributed by atoms with Crippen LogP contribution in [0.1, 0.15) is 31.5 Å². The third-order valence-corrected chi connectivity index (χ3v) is 2.94. The van der Waals surface area contributed by atoms with Gasteiger partial charge in [0.15, 0.2) is 0 Å². The molecule has 6 nitrogen and oxygen atoms in total.